The van der Waals surface area contributed by atoms with Gasteiger partial charge in [-0.1, -0.05) is 61.9 Å². The maximum atomic E-state index is 13.5. The summed E-state index contributed by atoms with van der Waals surface area (Å²) in [7, 11) is -2.20. The summed E-state index contributed by atoms with van der Waals surface area (Å²) in [6.07, 6.45) is 2.12. The summed E-state index contributed by atoms with van der Waals surface area (Å²) in [5, 5.41) is 2.62. The summed E-state index contributed by atoms with van der Waals surface area (Å²) in [6, 6.07) is 14.1. The predicted octanol–water partition coefficient (Wildman–Crippen LogP) is 2.88. The number of hydrogen-bond donors (Lipinski definition) is 1. The highest BCUT2D eigenvalue weighted by molar-refractivity contribution is 7.92. The molecule has 2 amide bonds. The molecule has 0 fully saturated rings. The Hall–Kier alpha value is -2.87. The van der Waals surface area contributed by atoms with Crippen LogP contribution in [-0.4, -0.2) is 51.0 Å². The van der Waals surface area contributed by atoms with Crippen molar-refractivity contribution < 1.29 is 18.0 Å². The van der Waals surface area contributed by atoms with Crippen molar-refractivity contribution in [1.29, 1.82) is 0 Å². The van der Waals surface area contributed by atoms with Gasteiger partial charge in [-0.3, -0.25) is 13.9 Å². The first-order valence-corrected chi connectivity index (χ1v) is 12.6. The molecule has 1 atom stereocenters. The second-order valence-electron chi connectivity index (χ2n) is 7.80. The maximum absolute atomic E-state index is 13.5. The maximum Gasteiger partial charge on any atom is 0.244 e. The molecule has 2 aromatic rings. The van der Waals surface area contributed by atoms with Crippen LogP contribution in [-0.2, 0) is 32.6 Å². The number of likely N-dealkylation sites (N-methyl/N-ethyl adjacent to an activating group) is 1. The lowest BCUT2D eigenvalue weighted by molar-refractivity contribution is -0.140. The first kappa shape index (κ1) is 25.4. The van der Waals surface area contributed by atoms with Crippen molar-refractivity contribution in [3.05, 3.63) is 65.2 Å². The largest absolute Gasteiger partial charge is 0.357 e. The highest BCUT2D eigenvalue weighted by atomic mass is 32.2. The van der Waals surface area contributed by atoms with Crippen LogP contribution < -0.4 is 9.62 Å². The van der Waals surface area contributed by atoms with E-state index in [9.17, 15) is 18.0 Å². The Morgan fingerprint density at radius 3 is 2.19 bits per heavy atom. The number of aryl methyl sites for hydroxylation is 2. The fourth-order valence-electron chi connectivity index (χ4n) is 3.62. The number of benzene rings is 2. The molecule has 0 heterocycles. The second-order valence-corrected chi connectivity index (χ2v) is 9.70. The number of carbonyl (C=O) groups is 2. The van der Waals surface area contributed by atoms with Gasteiger partial charge < -0.3 is 10.2 Å². The Morgan fingerprint density at radius 1 is 1.03 bits per heavy atom. The molecule has 8 heteroatoms. The van der Waals surface area contributed by atoms with E-state index in [1.54, 1.807) is 12.1 Å². The minimum atomic E-state index is -3.73. The van der Waals surface area contributed by atoms with E-state index < -0.39 is 22.0 Å². The fourth-order valence-corrected chi connectivity index (χ4v) is 4.50. The molecule has 0 radical (unpaired) electrons. The number of nitrogens with one attached hydrogen (secondary N) is 1. The molecule has 0 aliphatic carbocycles. The van der Waals surface area contributed by atoms with Gasteiger partial charge in [0.2, 0.25) is 21.8 Å². The van der Waals surface area contributed by atoms with Crippen LogP contribution in [0.3, 0.4) is 0 Å². The fraction of sp³-hybridized carbons (Fsp3) is 0.417. The van der Waals surface area contributed by atoms with Crippen LogP contribution in [0, 0.1) is 6.92 Å². The number of nitrogens with zero attached hydrogens (tertiary/aromatic N) is 2. The molecule has 0 bridgehead atoms. The van der Waals surface area contributed by atoms with Crippen molar-refractivity contribution in [3.63, 3.8) is 0 Å². The van der Waals surface area contributed by atoms with Crippen molar-refractivity contribution in [2.75, 3.05) is 24.2 Å². The van der Waals surface area contributed by atoms with Gasteiger partial charge in [0.1, 0.15) is 12.6 Å². The van der Waals surface area contributed by atoms with Gasteiger partial charge in [-0.05, 0) is 37.0 Å². The summed E-state index contributed by atoms with van der Waals surface area (Å²) in [4.78, 5) is 27.5. The quantitative estimate of drug-likeness (QED) is 0.592. The third-order valence-corrected chi connectivity index (χ3v) is 6.55. The van der Waals surface area contributed by atoms with Gasteiger partial charge in [-0.15, -0.1) is 0 Å². The van der Waals surface area contributed by atoms with E-state index in [1.807, 2.05) is 57.2 Å². The summed E-state index contributed by atoms with van der Waals surface area (Å²) in [5.74, 6) is -0.717. The highest BCUT2D eigenvalue weighted by Gasteiger charge is 2.31. The van der Waals surface area contributed by atoms with Gasteiger partial charge in [-0.2, -0.15) is 0 Å². The number of anilines is 1. The summed E-state index contributed by atoms with van der Waals surface area (Å²) < 4.78 is 26.5. The van der Waals surface area contributed by atoms with Crippen LogP contribution in [0.2, 0.25) is 0 Å². The molecule has 0 saturated carbocycles. The molecule has 0 aromatic heterocycles. The van der Waals surface area contributed by atoms with Crippen LogP contribution in [0.4, 0.5) is 5.69 Å². The van der Waals surface area contributed by atoms with E-state index in [2.05, 4.69) is 5.32 Å². The average Bonchev–Trinajstić information content (AvgIpc) is 2.77. The van der Waals surface area contributed by atoms with Crippen molar-refractivity contribution in [1.82, 2.24) is 10.2 Å². The second kappa shape index (κ2) is 11.1. The molecule has 0 aliphatic rings. The van der Waals surface area contributed by atoms with Gasteiger partial charge in [0, 0.05) is 13.6 Å². The molecular formula is C24H33N3O4S. The van der Waals surface area contributed by atoms with Crippen LogP contribution in [0.25, 0.3) is 0 Å². The normalized spacial score (nSPS) is 12.2. The Bertz CT molecular complexity index is 1040. The first-order valence-electron chi connectivity index (χ1n) is 10.7. The van der Waals surface area contributed by atoms with Crippen molar-refractivity contribution in [3.8, 4) is 0 Å². The molecule has 0 spiro atoms. The summed E-state index contributed by atoms with van der Waals surface area (Å²) in [5.41, 5.74) is 3.26. The minimum Gasteiger partial charge on any atom is -0.357 e. The smallest absolute Gasteiger partial charge is 0.244 e. The van der Waals surface area contributed by atoms with Crippen molar-refractivity contribution >= 4 is 27.5 Å². The lowest BCUT2D eigenvalue weighted by Gasteiger charge is -2.33. The Kier molecular flexibility index (Phi) is 8.83. The molecule has 2 rings (SSSR count). The molecular weight excluding hydrogens is 426 g/mol. The van der Waals surface area contributed by atoms with E-state index in [1.165, 1.54) is 11.9 Å². The standard InChI is InChI=1S/C24H33N3O4S/c1-6-20-10-8-9-11-22(20)27(32(5,30)31)17-23(28)26(21(7-2)24(29)25-4)16-19-14-12-18(3)13-15-19/h8-15,21H,6-7,16-17H2,1-5H3,(H,25,29). The lowest BCUT2D eigenvalue weighted by Crippen LogP contribution is -2.51. The molecule has 0 saturated heterocycles. The lowest BCUT2D eigenvalue weighted by atomic mass is 10.1. The topological polar surface area (TPSA) is 86.8 Å². The number of rotatable bonds is 10. The van der Waals surface area contributed by atoms with Gasteiger partial charge in [-0.25, -0.2) is 8.42 Å². The molecule has 0 aliphatic heterocycles. The zero-order valence-corrected chi connectivity index (χ0v) is 20.3. The molecule has 174 valence electrons. The number of sulfonamides is 1. The van der Waals surface area contributed by atoms with E-state index >= 15 is 0 Å². The molecule has 1 unspecified atom stereocenters. The molecule has 1 N–H and O–H groups in total. The van der Waals surface area contributed by atoms with Crippen molar-refractivity contribution in [2.45, 2.75) is 46.2 Å². The summed E-state index contributed by atoms with van der Waals surface area (Å²) >= 11 is 0. The van der Waals surface area contributed by atoms with Gasteiger partial charge >= 0.3 is 0 Å². The van der Waals surface area contributed by atoms with E-state index in [4.69, 9.17) is 0 Å². The Balaban J connectivity index is 2.45. The number of hydrogen-bond acceptors (Lipinski definition) is 4. The van der Waals surface area contributed by atoms with Crippen molar-refractivity contribution in [2.24, 2.45) is 0 Å². The third kappa shape index (κ3) is 6.32. The van der Waals surface area contributed by atoms with Crippen LogP contribution in [0.5, 0.6) is 0 Å². The minimum absolute atomic E-state index is 0.206. The number of para-hydroxylation sites is 1. The van der Waals surface area contributed by atoms with Gasteiger partial charge in [0.25, 0.3) is 0 Å². The average molecular weight is 460 g/mol. The van der Waals surface area contributed by atoms with E-state index in [0.717, 1.165) is 27.3 Å². The SMILES string of the molecule is CCc1ccccc1N(CC(=O)N(Cc1ccc(C)cc1)C(CC)C(=O)NC)S(C)(=O)=O. The molecule has 32 heavy (non-hydrogen) atoms. The number of amides is 2. The summed E-state index contributed by atoms with van der Waals surface area (Å²) in [6.45, 7) is 5.56. The highest BCUT2D eigenvalue weighted by Crippen LogP contribution is 2.24. The first-order chi connectivity index (χ1) is 15.1. The molecule has 2 aromatic carbocycles. The van der Waals surface area contributed by atoms with Crippen LogP contribution in [0.1, 0.15) is 37.0 Å². The monoisotopic (exact) mass is 459 g/mol. The van der Waals surface area contributed by atoms with E-state index in [0.29, 0.717) is 18.5 Å². The van der Waals surface area contributed by atoms with Gasteiger partial charge in [0.15, 0.2) is 0 Å². The third-order valence-electron chi connectivity index (χ3n) is 5.43. The predicted molar refractivity (Wildman–Crippen MR) is 128 cm³/mol. The zero-order valence-electron chi connectivity index (χ0n) is 19.5. The molecule has 7 nitrogen and oxygen atoms in total. The van der Waals surface area contributed by atoms with E-state index in [-0.39, 0.29) is 19.0 Å². The van der Waals surface area contributed by atoms with Crippen LogP contribution >= 0.6 is 0 Å². The number of carbonyl (C=O) groups excluding carboxylic acids is 2. The zero-order chi connectivity index (χ0) is 23.9. The van der Waals surface area contributed by atoms with Crippen LogP contribution in [0.15, 0.2) is 48.5 Å². The Labute approximate surface area is 191 Å². The van der Waals surface area contributed by atoms with Gasteiger partial charge in [0.05, 0.1) is 11.9 Å². The Morgan fingerprint density at radius 2 is 1.66 bits per heavy atom.